The van der Waals surface area contributed by atoms with Crippen LogP contribution in [0.2, 0.25) is 6.32 Å². The first kappa shape index (κ1) is 23.2. The molecule has 0 bridgehead atoms. The predicted molar refractivity (Wildman–Crippen MR) is 98.5 cm³/mol. The van der Waals surface area contributed by atoms with E-state index in [4.69, 9.17) is 15.8 Å². The van der Waals surface area contributed by atoms with E-state index in [0.717, 1.165) is 5.56 Å². The van der Waals surface area contributed by atoms with Gasteiger partial charge in [0.05, 0.1) is 0 Å². The van der Waals surface area contributed by atoms with Gasteiger partial charge < -0.3 is 20.9 Å². The fraction of sp³-hybridized carbons (Fsp3) is 0.533. The highest BCUT2D eigenvalue weighted by atomic mass is 35.5. The molecule has 0 radical (unpaired) electrons. The number of carboxylic acids is 1. The molecule has 0 unspecified atom stereocenters. The normalized spacial score (nSPS) is 23.7. The molecule has 0 aliphatic carbocycles. The number of likely N-dealkylation sites (tertiary alicyclic amines) is 1. The fourth-order valence-electron chi connectivity index (χ4n) is 3.17. The number of carboxylic acid groups (broad SMARTS) is 1. The van der Waals surface area contributed by atoms with Crippen LogP contribution in [0.25, 0.3) is 0 Å². The van der Waals surface area contributed by atoms with Gasteiger partial charge in [0.25, 0.3) is 0 Å². The Hall–Kier alpha value is -0.825. The lowest BCUT2D eigenvalue weighted by molar-refractivity contribution is -0.146. The molecule has 1 aliphatic heterocycles. The largest absolute Gasteiger partial charge is 0.480 e. The van der Waals surface area contributed by atoms with Crippen molar-refractivity contribution < 1.29 is 19.9 Å². The van der Waals surface area contributed by atoms with Crippen LogP contribution >= 0.6 is 24.8 Å². The molecular formula is C15H25BCl2N2O4. The van der Waals surface area contributed by atoms with Gasteiger partial charge in [-0.2, -0.15) is 0 Å². The second-order valence-corrected chi connectivity index (χ2v) is 6.24. The molecule has 2 atom stereocenters. The molecule has 0 aromatic heterocycles. The molecule has 1 fully saturated rings. The number of halogens is 2. The molecule has 0 spiro atoms. The van der Waals surface area contributed by atoms with E-state index in [-0.39, 0.29) is 37.1 Å². The Morgan fingerprint density at radius 1 is 1.29 bits per heavy atom. The van der Waals surface area contributed by atoms with Gasteiger partial charge in [0.1, 0.15) is 5.54 Å². The highest BCUT2D eigenvalue weighted by Gasteiger charge is 2.42. The van der Waals surface area contributed by atoms with Crippen molar-refractivity contribution in [3.63, 3.8) is 0 Å². The van der Waals surface area contributed by atoms with Gasteiger partial charge >= 0.3 is 13.1 Å². The van der Waals surface area contributed by atoms with Crippen molar-refractivity contribution in [1.82, 2.24) is 4.90 Å². The summed E-state index contributed by atoms with van der Waals surface area (Å²) >= 11 is 0. The summed E-state index contributed by atoms with van der Waals surface area (Å²) in [4.78, 5) is 13.6. The molecule has 136 valence electrons. The zero-order valence-electron chi connectivity index (χ0n) is 13.4. The highest BCUT2D eigenvalue weighted by molar-refractivity contribution is 6.40. The summed E-state index contributed by atoms with van der Waals surface area (Å²) in [6.07, 6.45) is 1.15. The van der Waals surface area contributed by atoms with Gasteiger partial charge in [-0.1, -0.05) is 36.8 Å². The first-order chi connectivity index (χ1) is 10.4. The van der Waals surface area contributed by atoms with Crippen molar-refractivity contribution in [3.05, 3.63) is 35.9 Å². The van der Waals surface area contributed by atoms with Gasteiger partial charge in [0, 0.05) is 19.6 Å². The molecule has 1 aliphatic rings. The summed E-state index contributed by atoms with van der Waals surface area (Å²) in [5.74, 6) is -0.958. The van der Waals surface area contributed by atoms with Crippen LogP contribution < -0.4 is 5.73 Å². The first-order valence-electron chi connectivity index (χ1n) is 7.54. The highest BCUT2D eigenvalue weighted by Crippen LogP contribution is 2.28. The van der Waals surface area contributed by atoms with E-state index in [1.165, 1.54) is 0 Å². The van der Waals surface area contributed by atoms with Gasteiger partial charge in [0.2, 0.25) is 0 Å². The second kappa shape index (κ2) is 10.2. The van der Waals surface area contributed by atoms with Crippen molar-refractivity contribution >= 4 is 37.9 Å². The minimum atomic E-state index is -1.36. The smallest absolute Gasteiger partial charge is 0.451 e. The number of aliphatic carboxylic acids is 1. The van der Waals surface area contributed by atoms with Crippen molar-refractivity contribution in [2.24, 2.45) is 11.7 Å². The third-order valence-electron chi connectivity index (χ3n) is 4.18. The van der Waals surface area contributed by atoms with Crippen LogP contribution in [0.15, 0.2) is 30.3 Å². The number of carbonyl (C=O) groups is 1. The number of hydrogen-bond acceptors (Lipinski definition) is 5. The number of nitrogens with zero attached hydrogens (tertiary/aromatic N) is 1. The molecule has 24 heavy (non-hydrogen) atoms. The number of piperidine rings is 1. The van der Waals surface area contributed by atoms with Gasteiger partial charge in [-0.3, -0.25) is 9.69 Å². The zero-order valence-corrected chi connectivity index (χ0v) is 15.0. The van der Waals surface area contributed by atoms with Crippen LogP contribution in [0.3, 0.4) is 0 Å². The van der Waals surface area contributed by atoms with E-state index in [1.807, 2.05) is 35.2 Å². The SMILES string of the molecule is Cl.Cl.N[C@@]1(C(=O)O)C[C@@H](CCB(O)O)CN(Cc2ccccc2)C1. The molecular weight excluding hydrogens is 354 g/mol. The number of benzene rings is 1. The Kier molecular flexibility index (Phi) is 9.88. The van der Waals surface area contributed by atoms with Gasteiger partial charge in [-0.25, -0.2) is 0 Å². The van der Waals surface area contributed by atoms with Crippen molar-refractivity contribution in [2.75, 3.05) is 13.1 Å². The average Bonchev–Trinajstić information content (AvgIpc) is 2.45. The predicted octanol–water partition coefficient (Wildman–Crippen LogP) is 0.997. The van der Waals surface area contributed by atoms with Crippen LogP contribution in [0, 0.1) is 5.92 Å². The van der Waals surface area contributed by atoms with E-state index in [1.54, 1.807) is 0 Å². The summed E-state index contributed by atoms with van der Waals surface area (Å²) in [6.45, 7) is 1.66. The van der Waals surface area contributed by atoms with E-state index in [2.05, 4.69) is 0 Å². The Morgan fingerprint density at radius 2 is 1.92 bits per heavy atom. The number of hydrogen-bond donors (Lipinski definition) is 4. The van der Waals surface area contributed by atoms with E-state index in [9.17, 15) is 9.90 Å². The van der Waals surface area contributed by atoms with Crippen molar-refractivity contribution in [3.8, 4) is 0 Å². The monoisotopic (exact) mass is 378 g/mol. The number of rotatable bonds is 6. The van der Waals surface area contributed by atoms with E-state index in [0.29, 0.717) is 32.5 Å². The van der Waals surface area contributed by atoms with E-state index >= 15 is 0 Å². The second-order valence-electron chi connectivity index (χ2n) is 6.24. The minimum absolute atomic E-state index is 0. The lowest BCUT2D eigenvalue weighted by atomic mass is 9.75. The van der Waals surface area contributed by atoms with E-state index < -0.39 is 18.6 Å². The summed E-state index contributed by atoms with van der Waals surface area (Å²) in [5, 5.41) is 27.5. The van der Waals surface area contributed by atoms with Gasteiger partial charge in [-0.05, 0) is 24.2 Å². The van der Waals surface area contributed by atoms with Gasteiger partial charge in [-0.15, -0.1) is 24.8 Å². The van der Waals surface area contributed by atoms with Crippen LogP contribution in [0.4, 0.5) is 0 Å². The quantitative estimate of drug-likeness (QED) is 0.550. The topological polar surface area (TPSA) is 107 Å². The Balaban J connectivity index is 0.00000264. The Labute approximate surface area is 155 Å². The zero-order chi connectivity index (χ0) is 16.2. The molecule has 1 aromatic rings. The minimum Gasteiger partial charge on any atom is -0.480 e. The standard InChI is InChI=1S/C15H23BN2O4.2ClH/c17-15(14(19)20)8-13(6-7-16(21)22)10-18(11-15)9-12-4-2-1-3-5-12;;/h1-5,13,21-22H,6-11,17H2,(H,19,20);2*1H/t13-,15+;;/m1../s1. The van der Waals surface area contributed by atoms with Crippen LogP contribution in [0.5, 0.6) is 0 Å². The lowest BCUT2D eigenvalue weighted by Gasteiger charge is -2.42. The summed E-state index contributed by atoms with van der Waals surface area (Å²) in [5.41, 5.74) is 5.91. The fourth-order valence-corrected chi connectivity index (χ4v) is 3.17. The summed E-state index contributed by atoms with van der Waals surface area (Å²) < 4.78 is 0. The molecule has 1 aromatic carbocycles. The van der Waals surface area contributed by atoms with Crippen LogP contribution in [-0.4, -0.2) is 51.8 Å². The summed E-state index contributed by atoms with van der Waals surface area (Å²) in [7, 11) is -1.36. The molecule has 1 saturated heterocycles. The Morgan fingerprint density at radius 3 is 2.46 bits per heavy atom. The van der Waals surface area contributed by atoms with Crippen molar-refractivity contribution in [1.29, 1.82) is 0 Å². The number of nitrogens with two attached hydrogens (primary N) is 1. The third kappa shape index (κ3) is 6.59. The third-order valence-corrected chi connectivity index (χ3v) is 4.18. The van der Waals surface area contributed by atoms with Crippen molar-refractivity contribution in [2.45, 2.75) is 31.2 Å². The molecule has 0 saturated carbocycles. The molecule has 5 N–H and O–H groups in total. The molecule has 0 amide bonds. The van der Waals surface area contributed by atoms with Gasteiger partial charge in [0.15, 0.2) is 0 Å². The summed E-state index contributed by atoms with van der Waals surface area (Å²) in [6, 6.07) is 9.84. The van der Waals surface area contributed by atoms with Crippen LogP contribution in [0.1, 0.15) is 18.4 Å². The maximum absolute atomic E-state index is 11.5. The maximum Gasteiger partial charge on any atom is 0.451 e. The molecule has 6 nitrogen and oxygen atoms in total. The molecule has 2 rings (SSSR count). The lowest BCUT2D eigenvalue weighted by Crippen LogP contribution is -2.61. The molecule has 1 heterocycles. The average molecular weight is 379 g/mol. The molecule has 9 heteroatoms. The Bertz CT molecular complexity index is 510. The maximum atomic E-state index is 11.5. The van der Waals surface area contributed by atoms with Crippen LogP contribution in [-0.2, 0) is 11.3 Å². The first-order valence-corrected chi connectivity index (χ1v) is 7.54.